The lowest BCUT2D eigenvalue weighted by Crippen LogP contribution is -2.38. The molecule has 0 aromatic carbocycles. The molecule has 0 unspecified atom stereocenters. The second-order valence-electron chi connectivity index (χ2n) is 5.51. The molecule has 6 heteroatoms. The summed E-state index contributed by atoms with van der Waals surface area (Å²) in [5, 5.41) is 13.3. The van der Waals surface area contributed by atoms with Crippen LogP contribution in [-0.4, -0.2) is 39.3 Å². The van der Waals surface area contributed by atoms with Gasteiger partial charge in [-0.2, -0.15) is 4.98 Å². The van der Waals surface area contributed by atoms with Gasteiger partial charge in [0.05, 0.1) is 25.0 Å². The van der Waals surface area contributed by atoms with Gasteiger partial charge >= 0.3 is 0 Å². The molecular weight excluding hydrogens is 270 g/mol. The van der Waals surface area contributed by atoms with Crippen molar-refractivity contribution in [3.8, 4) is 11.5 Å². The molecule has 2 aromatic heterocycles. The van der Waals surface area contributed by atoms with Crippen molar-refractivity contribution in [2.75, 3.05) is 13.2 Å². The van der Waals surface area contributed by atoms with E-state index < -0.39 is 0 Å². The molecule has 114 valence electrons. The Hall–Kier alpha value is -1.66. The molecule has 0 radical (unpaired) electrons. The van der Waals surface area contributed by atoms with Gasteiger partial charge in [-0.3, -0.25) is 4.90 Å². The minimum absolute atomic E-state index is 0.156. The molecule has 1 aliphatic carbocycles. The largest absolute Gasteiger partial charge is 0.472 e. The van der Waals surface area contributed by atoms with Crippen LogP contribution < -0.4 is 0 Å². The van der Waals surface area contributed by atoms with E-state index in [1.807, 2.05) is 0 Å². The highest BCUT2D eigenvalue weighted by Crippen LogP contribution is 2.24. The van der Waals surface area contributed by atoms with Crippen LogP contribution in [0.3, 0.4) is 0 Å². The van der Waals surface area contributed by atoms with Crippen LogP contribution in [-0.2, 0) is 6.54 Å². The predicted octanol–water partition coefficient (Wildman–Crippen LogP) is 2.46. The summed E-state index contributed by atoms with van der Waals surface area (Å²) in [5.74, 6) is 1.14. The zero-order chi connectivity index (χ0) is 14.5. The van der Waals surface area contributed by atoms with Crippen molar-refractivity contribution in [2.45, 2.75) is 44.7 Å². The van der Waals surface area contributed by atoms with E-state index in [9.17, 15) is 5.11 Å². The highest BCUT2D eigenvalue weighted by Gasteiger charge is 2.22. The maximum Gasteiger partial charge on any atom is 0.261 e. The first kappa shape index (κ1) is 14.3. The Bertz CT molecular complexity index is 532. The summed E-state index contributed by atoms with van der Waals surface area (Å²) in [5.41, 5.74) is 0.792. The Morgan fingerprint density at radius 2 is 2.14 bits per heavy atom. The fourth-order valence-electron chi connectivity index (χ4n) is 2.97. The first-order valence-electron chi connectivity index (χ1n) is 7.57. The SMILES string of the molecule is OCCN(Cc1noc(-c2ccoc2)n1)C1CCCCC1. The number of nitrogens with zero attached hydrogens (tertiary/aromatic N) is 3. The first-order valence-corrected chi connectivity index (χ1v) is 7.57. The molecule has 0 amide bonds. The highest BCUT2D eigenvalue weighted by molar-refractivity contribution is 5.49. The molecule has 1 aliphatic rings. The molecule has 0 saturated heterocycles. The first-order chi connectivity index (χ1) is 10.4. The average molecular weight is 291 g/mol. The van der Waals surface area contributed by atoms with Gasteiger partial charge < -0.3 is 14.0 Å². The van der Waals surface area contributed by atoms with Crippen LogP contribution in [0, 0.1) is 0 Å². The summed E-state index contributed by atoms with van der Waals surface area (Å²) < 4.78 is 10.3. The lowest BCUT2D eigenvalue weighted by molar-refractivity contribution is 0.113. The fourth-order valence-corrected chi connectivity index (χ4v) is 2.97. The molecular formula is C15H21N3O3. The summed E-state index contributed by atoms with van der Waals surface area (Å²) in [4.78, 5) is 6.68. The van der Waals surface area contributed by atoms with Crippen molar-refractivity contribution in [1.29, 1.82) is 0 Å². The maximum atomic E-state index is 9.28. The van der Waals surface area contributed by atoms with Gasteiger partial charge in [0.2, 0.25) is 0 Å². The monoisotopic (exact) mass is 291 g/mol. The number of aromatic nitrogens is 2. The van der Waals surface area contributed by atoms with Gasteiger partial charge in [-0.25, -0.2) is 0 Å². The van der Waals surface area contributed by atoms with E-state index in [0.29, 0.717) is 30.8 Å². The third-order valence-electron chi connectivity index (χ3n) is 4.06. The Labute approximate surface area is 123 Å². The van der Waals surface area contributed by atoms with Crippen LogP contribution in [0.15, 0.2) is 27.5 Å². The van der Waals surface area contributed by atoms with Crippen LogP contribution in [0.25, 0.3) is 11.5 Å². The fraction of sp³-hybridized carbons (Fsp3) is 0.600. The summed E-state index contributed by atoms with van der Waals surface area (Å²) in [6.07, 6.45) is 9.39. The Morgan fingerprint density at radius 1 is 1.29 bits per heavy atom. The van der Waals surface area contributed by atoms with E-state index in [1.165, 1.54) is 32.1 Å². The van der Waals surface area contributed by atoms with Gasteiger partial charge in [-0.05, 0) is 18.9 Å². The highest BCUT2D eigenvalue weighted by atomic mass is 16.5. The minimum Gasteiger partial charge on any atom is -0.472 e. The zero-order valence-corrected chi connectivity index (χ0v) is 12.1. The van der Waals surface area contributed by atoms with Crippen molar-refractivity contribution in [3.05, 3.63) is 24.4 Å². The van der Waals surface area contributed by atoms with Crippen LogP contribution in [0.1, 0.15) is 37.9 Å². The van der Waals surface area contributed by atoms with Gasteiger partial charge in [0.15, 0.2) is 5.82 Å². The van der Waals surface area contributed by atoms with Gasteiger partial charge in [0, 0.05) is 12.6 Å². The van der Waals surface area contributed by atoms with Crippen molar-refractivity contribution in [3.63, 3.8) is 0 Å². The van der Waals surface area contributed by atoms with Crippen LogP contribution in [0.2, 0.25) is 0 Å². The summed E-state index contributed by atoms with van der Waals surface area (Å²) in [6, 6.07) is 2.31. The zero-order valence-electron chi connectivity index (χ0n) is 12.1. The van der Waals surface area contributed by atoms with E-state index in [1.54, 1.807) is 18.6 Å². The average Bonchev–Trinajstić information content (AvgIpc) is 3.19. The van der Waals surface area contributed by atoms with Crippen molar-refractivity contribution >= 4 is 0 Å². The summed E-state index contributed by atoms with van der Waals surface area (Å²) >= 11 is 0. The number of furan rings is 1. The normalized spacial score (nSPS) is 16.7. The lowest BCUT2D eigenvalue weighted by Gasteiger charge is -2.32. The molecule has 0 bridgehead atoms. The third-order valence-corrected chi connectivity index (χ3v) is 4.06. The van der Waals surface area contributed by atoms with Crippen molar-refractivity contribution < 1.29 is 14.0 Å². The van der Waals surface area contributed by atoms with E-state index >= 15 is 0 Å². The number of rotatable bonds is 6. The molecule has 0 spiro atoms. The molecule has 2 aromatic rings. The quantitative estimate of drug-likeness (QED) is 0.881. The molecule has 0 atom stereocenters. The molecule has 1 saturated carbocycles. The van der Waals surface area contributed by atoms with E-state index in [4.69, 9.17) is 8.94 Å². The van der Waals surface area contributed by atoms with E-state index in [2.05, 4.69) is 15.0 Å². The van der Waals surface area contributed by atoms with Crippen molar-refractivity contribution in [2.24, 2.45) is 0 Å². The molecule has 2 heterocycles. The number of aliphatic hydroxyl groups is 1. The molecule has 3 rings (SSSR count). The second kappa shape index (κ2) is 6.87. The van der Waals surface area contributed by atoms with E-state index in [-0.39, 0.29) is 6.61 Å². The van der Waals surface area contributed by atoms with Gasteiger partial charge in [0.1, 0.15) is 6.26 Å². The maximum absolute atomic E-state index is 9.28. The standard InChI is InChI=1S/C15H21N3O3/c19-8-7-18(13-4-2-1-3-5-13)10-14-16-15(21-17-14)12-6-9-20-11-12/h6,9,11,13,19H,1-5,7-8,10H2. The molecule has 1 N–H and O–H groups in total. The third kappa shape index (κ3) is 3.51. The molecule has 21 heavy (non-hydrogen) atoms. The Morgan fingerprint density at radius 3 is 2.86 bits per heavy atom. The van der Waals surface area contributed by atoms with Gasteiger partial charge in [-0.1, -0.05) is 24.4 Å². The number of hydrogen-bond donors (Lipinski definition) is 1. The Balaban J connectivity index is 1.67. The van der Waals surface area contributed by atoms with Gasteiger partial charge in [-0.15, -0.1) is 0 Å². The predicted molar refractivity (Wildman–Crippen MR) is 76.4 cm³/mol. The molecule has 1 fully saturated rings. The smallest absolute Gasteiger partial charge is 0.261 e. The van der Waals surface area contributed by atoms with E-state index in [0.717, 1.165) is 5.56 Å². The Kier molecular flexibility index (Phi) is 4.67. The lowest BCUT2D eigenvalue weighted by atomic mass is 9.94. The topological polar surface area (TPSA) is 75.5 Å². The summed E-state index contributed by atoms with van der Waals surface area (Å²) in [7, 11) is 0. The van der Waals surface area contributed by atoms with Gasteiger partial charge in [0.25, 0.3) is 5.89 Å². The summed E-state index contributed by atoms with van der Waals surface area (Å²) in [6.45, 7) is 1.43. The minimum atomic E-state index is 0.156. The van der Waals surface area contributed by atoms with Crippen molar-refractivity contribution in [1.82, 2.24) is 15.0 Å². The molecule has 6 nitrogen and oxygen atoms in total. The van der Waals surface area contributed by atoms with Crippen LogP contribution >= 0.6 is 0 Å². The van der Waals surface area contributed by atoms with Crippen LogP contribution in [0.4, 0.5) is 0 Å². The second-order valence-corrected chi connectivity index (χ2v) is 5.51. The number of hydrogen-bond acceptors (Lipinski definition) is 6. The number of aliphatic hydroxyl groups excluding tert-OH is 1. The van der Waals surface area contributed by atoms with Crippen LogP contribution in [0.5, 0.6) is 0 Å². The molecule has 0 aliphatic heterocycles.